The summed E-state index contributed by atoms with van der Waals surface area (Å²) in [5, 5.41) is 2.61. The van der Waals surface area contributed by atoms with Crippen molar-refractivity contribution in [2.75, 3.05) is 12.4 Å². The van der Waals surface area contributed by atoms with Crippen molar-refractivity contribution in [2.45, 2.75) is 0 Å². The normalized spacial score (nSPS) is 10.4. The second kappa shape index (κ2) is 4.44. The maximum absolute atomic E-state index is 13.6. The first-order chi connectivity index (χ1) is 8.56. The van der Waals surface area contributed by atoms with Gasteiger partial charge < -0.3 is 5.32 Å². The largest absolute Gasteiger partial charge is 0.359 e. The van der Waals surface area contributed by atoms with E-state index >= 15 is 0 Å². The van der Waals surface area contributed by atoms with Crippen LogP contribution in [0.4, 0.5) is 10.3 Å². The lowest BCUT2D eigenvalue weighted by Gasteiger charge is -2.10. The van der Waals surface area contributed by atoms with E-state index in [0.717, 1.165) is 4.57 Å². The highest BCUT2D eigenvalue weighted by atomic mass is 19.1. The topological polar surface area (TPSA) is 68.9 Å². The summed E-state index contributed by atoms with van der Waals surface area (Å²) in [5.74, 6) is -0.534. The summed E-state index contributed by atoms with van der Waals surface area (Å²) in [6.45, 7) is 0. The quantitative estimate of drug-likeness (QED) is 0.821. The molecule has 0 amide bonds. The molecule has 0 atom stereocenters. The number of benzene rings is 1. The number of nitrogens with one attached hydrogen (secondary N) is 1. The van der Waals surface area contributed by atoms with Gasteiger partial charge in [-0.15, -0.1) is 0 Å². The molecule has 0 spiro atoms. The van der Waals surface area contributed by atoms with Gasteiger partial charge in [-0.25, -0.2) is 18.5 Å². The Kier molecular flexibility index (Phi) is 2.97. The van der Waals surface area contributed by atoms with Crippen LogP contribution in [0.1, 0.15) is 0 Å². The highest BCUT2D eigenvalue weighted by Gasteiger charge is 2.13. The van der Waals surface area contributed by atoms with Gasteiger partial charge in [0.25, 0.3) is 0 Å². The number of nitrogens with zero attached hydrogens (tertiary/aromatic N) is 3. The second-order valence-electron chi connectivity index (χ2n) is 3.60. The molecule has 2 aromatic rings. The van der Waals surface area contributed by atoms with Crippen molar-refractivity contribution >= 4 is 5.95 Å². The van der Waals surface area contributed by atoms with Crippen LogP contribution in [0.15, 0.2) is 33.9 Å². The fourth-order valence-corrected chi connectivity index (χ4v) is 1.60. The van der Waals surface area contributed by atoms with Gasteiger partial charge in [-0.05, 0) is 12.1 Å². The third kappa shape index (κ3) is 1.79. The average Bonchev–Trinajstić information content (AvgIpc) is 2.36. The summed E-state index contributed by atoms with van der Waals surface area (Å²) in [5.41, 5.74) is -1.60. The Hall–Kier alpha value is -2.44. The first-order valence-corrected chi connectivity index (χ1v) is 5.19. The molecule has 1 heterocycles. The van der Waals surface area contributed by atoms with E-state index in [1.807, 2.05) is 0 Å². The van der Waals surface area contributed by atoms with Crippen LogP contribution in [0.2, 0.25) is 0 Å². The van der Waals surface area contributed by atoms with Gasteiger partial charge in [0.1, 0.15) is 5.82 Å². The van der Waals surface area contributed by atoms with Gasteiger partial charge in [0.15, 0.2) is 0 Å². The van der Waals surface area contributed by atoms with Crippen LogP contribution in [0.5, 0.6) is 0 Å². The van der Waals surface area contributed by atoms with E-state index in [1.54, 1.807) is 0 Å². The first-order valence-electron chi connectivity index (χ1n) is 5.19. The van der Waals surface area contributed by atoms with E-state index in [4.69, 9.17) is 0 Å². The van der Waals surface area contributed by atoms with Crippen LogP contribution in [-0.4, -0.2) is 21.2 Å². The van der Waals surface area contributed by atoms with Gasteiger partial charge >= 0.3 is 11.4 Å². The SMILES string of the molecule is CNc1nc(=O)n(-c2ccccc2F)c(=O)n1C. The van der Waals surface area contributed by atoms with Crippen molar-refractivity contribution in [1.82, 2.24) is 14.1 Å². The molecule has 0 bridgehead atoms. The molecule has 0 radical (unpaired) electrons. The standard InChI is InChI=1S/C11H11FN4O2/c1-13-9-14-10(17)16(11(18)15(9)2)8-6-4-3-5-7(8)12/h3-6H,1-2H3,(H,13,14,17). The summed E-state index contributed by atoms with van der Waals surface area (Å²) in [4.78, 5) is 27.4. The van der Waals surface area contributed by atoms with Gasteiger partial charge in [0.2, 0.25) is 5.95 Å². The van der Waals surface area contributed by atoms with E-state index in [2.05, 4.69) is 10.3 Å². The zero-order valence-corrected chi connectivity index (χ0v) is 9.85. The van der Waals surface area contributed by atoms with E-state index in [9.17, 15) is 14.0 Å². The molecule has 0 unspecified atom stereocenters. The molecule has 0 saturated heterocycles. The fraction of sp³-hybridized carbons (Fsp3) is 0.182. The third-order valence-electron chi connectivity index (χ3n) is 2.51. The number of hydrogen-bond acceptors (Lipinski definition) is 4. The Morgan fingerprint density at radius 1 is 1.28 bits per heavy atom. The van der Waals surface area contributed by atoms with Crippen molar-refractivity contribution in [1.29, 1.82) is 0 Å². The molecular formula is C11H11FN4O2. The molecule has 7 heteroatoms. The molecule has 18 heavy (non-hydrogen) atoms. The second-order valence-corrected chi connectivity index (χ2v) is 3.60. The maximum Gasteiger partial charge on any atom is 0.359 e. The van der Waals surface area contributed by atoms with Crippen LogP contribution < -0.4 is 16.7 Å². The Bertz CT molecular complexity index is 705. The fourth-order valence-electron chi connectivity index (χ4n) is 1.60. The molecule has 1 aromatic carbocycles. The van der Waals surface area contributed by atoms with Crippen LogP contribution in [-0.2, 0) is 7.05 Å². The lowest BCUT2D eigenvalue weighted by Crippen LogP contribution is -2.40. The predicted molar refractivity (Wildman–Crippen MR) is 64.6 cm³/mol. The highest BCUT2D eigenvalue weighted by Crippen LogP contribution is 2.08. The minimum Gasteiger partial charge on any atom is -0.358 e. The van der Waals surface area contributed by atoms with Crippen molar-refractivity contribution in [3.05, 3.63) is 51.1 Å². The van der Waals surface area contributed by atoms with Gasteiger partial charge in [0.05, 0.1) is 5.69 Å². The number of aromatic nitrogens is 3. The smallest absolute Gasteiger partial charge is 0.358 e. The van der Waals surface area contributed by atoms with E-state index in [-0.39, 0.29) is 11.6 Å². The van der Waals surface area contributed by atoms with E-state index in [0.29, 0.717) is 4.57 Å². The minimum absolute atomic E-state index is 0.113. The summed E-state index contributed by atoms with van der Waals surface area (Å²) >= 11 is 0. The molecule has 0 aliphatic carbocycles. The molecule has 1 aromatic heterocycles. The van der Waals surface area contributed by atoms with Crippen molar-refractivity contribution < 1.29 is 4.39 Å². The molecule has 0 saturated carbocycles. The third-order valence-corrected chi connectivity index (χ3v) is 2.51. The van der Waals surface area contributed by atoms with Gasteiger partial charge in [-0.1, -0.05) is 12.1 Å². The molecule has 6 nitrogen and oxygen atoms in total. The Balaban J connectivity index is 2.83. The van der Waals surface area contributed by atoms with Crippen molar-refractivity contribution in [3.8, 4) is 5.69 Å². The lowest BCUT2D eigenvalue weighted by molar-refractivity contribution is 0.601. The molecular weight excluding hydrogens is 239 g/mol. The van der Waals surface area contributed by atoms with Crippen LogP contribution in [0, 0.1) is 5.82 Å². The minimum atomic E-state index is -0.826. The van der Waals surface area contributed by atoms with Crippen LogP contribution in [0.3, 0.4) is 0 Å². The Morgan fingerprint density at radius 3 is 2.56 bits per heavy atom. The first kappa shape index (κ1) is 12.0. The number of halogens is 1. The molecule has 94 valence electrons. The molecule has 0 aliphatic rings. The predicted octanol–water partition coefficient (Wildman–Crippen LogP) is 0.112. The number of anilines is 1. The zero-order valence-electron chi connectivity index (χ0n) is 9.85. The van der Waals surface area contributed by atoms with E-state index in [1.165, 1.54) is 38.4 Å². The van der Waals surface area contributed by atoms with Crippen molar-refractivity contribution in [2.24, 2.45) is 7.05 Å². The maximum atomic E-state index is 13.6. The Morgan fingerprint density at radius 2 is 1.94 bits per heavy atom. The average molecular weight is 250 g/mol. The Labute approximate surface area is 101 Å². The molecule has 0 fully saturated rings. The summed E-state index contributed by atoms with van der Waals surface area (Å²) < 4.78 is 15.4. The summed E-state index contributed by atoms with van der Waals surface area (Å²) in [7, 11) is 2.98. The van der Waals surface area contributed by atoms with E-state index < -0.39 is 17.2 Å². The van der Waals surface area contributed by atoms with Gasteiger partial charge in [0, 0.05) is 14.1 Å². The molecule has 0 aliphatic heterocycles. The summed E-state index contributed by atoms with van der Waals surface area (Å²) in [6.07, 6.45) is 0. The number of rotatable bonds is 2. The van der Waals surface area contributed by atoms with Crippen molar-refractivity contribution in [3.63, 3.8) is 0 Å². The zero-order chi connectivity index (χ0) is 13.3. The van der Waals surface area contributed by atoms with Gasteiger partial charge in [-0.2, -0.15) is 4.98 Å². The number of hydrogen-bond donors (Lipinski definition) is 1. The molecule has 2 rings (SSSR count). The highest BCUT2D eigenvalue weighted by molar-refractivity contribution is 5.34. The number of para-hydroxylation sites is 1. The van der Waals surface area contributed by atoms with Crippen LogP contribution in [0.25, 0.3) is 5.69 Å². The van der Waals surface area contributed by atoms with Gasteiger partial charge in [-0.3, -0.25) is 4.57 Å². The summed E-state index contributed by atoms with van der Waals surface area (Å²) in [6, 6.07) is 5.53. The van der Waals surface area contributed by atoms with Crippen LogP contribution >= 0.6 is 0 Å². The monoisotopic (exact) mass is 250 g/mol. The molecule has 1 N–H and O–H groups in total. The lowest BCUT2D eigenvalue weighted by atomic mass is 10.3.